The van der Waals surface area contributed by atoms with Gasteiger partial charge in [0, 0.05) is 9.36 Å². The number of carbonyl (C=O) groups is 2. The number of thiophene rings is 1. The molecule has 17 heavy (non-hydrogen) atoms. The molecule has 1 unspecified atom stereocenters. The maximum absolute atomic E-state index is 12.3. The molecule has 4 nitrogen and oxygen atoms in total. The smallest absolute Gasteiger partial charge is 0.319 e. The minimum Gasteiger partial charge on any atom is -0.319 e. The van der Waals surface area contributed by atoms with E-state index >= 15 is 0 Å². The van der Waals surface area contributed by atoms with Crippen molar-refractivity contribution in [3.8, 4) is 0 Å². The van der Waals surface area contributed by atoms with Gasteiger partial charge in [-0.2, -0.15) is 0 Å². The molecule has 2 rings (SSSR count). The highest BCUT2D eigenvalue weighted by atomic mass is 79.9. The fraction of sp³-hybridized carbons (Fsp3) is 0.273. The number of rotatable bonds is 3. The lowest BCUT2D eigenvalue weighted by Gasteiger charge is -2.19. The first-order chi connectivity index (χ1) is 7.95. The largest absolute Gasteiger partial charge is 0.325 e. The Kier molecular flexibility index (Phi) is 3.09. The number of imide groups is 1. The first kappa shape index (κ1) is 12.3. The number of nitrogens with zero attached hydrogens (tertiary/aromatic N) is 1. The quantitative estimate of drug-likeness (QED) is 0.871. The zero-order valence-corrected chi connectivity index (χ0v) is 11.6. The number of hydrogen-bond donors (Lipinski definition) is 1. The number of nitrogens with one attached hydrogen (secondary N) is 1. The Morgan fingerprint density at radius 3 is 2.88 bits per heavy atom. The molecule has 0 aliphatic carbocycles. The van der Waals surface area contributed by atoms with Crippen LogP contribution in [-0.2, 0) is 10.3 Å². The SMILES string of the molecule is C=C(Br)CN1C(=O)NC(C)(c2cccs2)C1=O. The van der Waals surface area contributed by atoms with E-state index in [0.717, 1.165) is 9.78 Å². The van der Waals surface area contributed by atoms with Crippen molar-refractivity contribution >= 4 is 39.2 Å². The summed E-state index contributed by atoms with van der Waals surface area (Å²) in [4.78, 5) is 26.0. The molecule has 2 heterocycles. The molecule has 1 fully saturated rings. The summed E-state index contributed by atoms with van der Waals surface area (Å²) in [5.74, 6) is -0.245. The summed E-state index contributed by atoms with van der Waals surface area (Å²) < 4.78 is 0.594. The Morgan fingerprint density at radius 2 is 2.35 bits per heavy atom. The number of hydrogen-bond acceptors (Lipinski definition) is 3. The van der Waals surface area contributed by atoms with Crippen LogP contribution in [0.3, 0.4) is 0 Å². The van der Waals surface area contributed by atoms with E-state index in [1.54, 1.807) is 6.92 Å². The van der Waals surface area contributed by atoms with E-state index in [4.69, 9.17) is 0 Å². The van der Waals surface area contributed by atoms with Crippen molar-refractivity contribution in [3.05, 3.63) is 33.5 Å². The Labute approximate surface area is 111 Å². The normalized spacial score (nSPS) is 24.0. The molecule has 1 aliphatic heterocycles. The monoisotopic (exact) mass is 314 g/mol. The third-order valence-corrected chi connectivity index (χ3v) is 3.96. The van der Waals surface area contributed by atoms with Crippen LogP contribution < -0.4 is 5.32 Å². The van der Waals surface area contributed by atoms with Crippen LogP contribution in [0.5, 0.6) is 0 Å². The van der Waals surface area contributed by atoms with Crippen LogP contribution in [0.2, 0.25) is 0 Å². The van der Waals surface area contributed by atoms with Crippen LogP contribution in [0.1, 0.15) is 11.8 Å². The summed E-state index contributed by atoms with van der Waals surface area (Å²) in [6.45, 7) is 5.55. The van der Waals surface area contributed by atoms with Crippen molar-refractivity contribution in [2.45, 2.75) is 12.5 Å². The summed E-state index contributed by atoms with van der Waals surface area (Å²) in [7, 11) is 0. The lowest BCUT2D eigenvalue weighted by molar-refractivity contribution is -0.130. The van der Waals surface area contributed by atoms with Crippen LogP contribution in [0.4, 0.5) is 4.79 Å². The second kappa shape index (κ2) is 4.27. The highest BCUT2D eigenvalue weighted by Crippen LogP contribution is 2.32. The molecule has 1 aromatic rings. The van der Waals surface area contributed by atoms with Crippen molar-refractivity contribution in [3.63, 3.8) is 0 Å². The zero-order valence-electron chi connectivity index (χ0n) is 9.20. The van der Waals surface area contributed by atoms with Crippen molar-refractivity contribution < 1.29 is 9.59 Å². The maximum atomic E-state index is 12.3. The van der Waals surface area contributed by atoms with Crippen molar-refractivity contribution in [1.29, 1.82) is 0 Å². The van der Waals surface area contributed by atoms with Gasteiger partial charge in [-0.15, -0.1) is 11.3 Å². The van der Waals surface area contributed by atoms with Gasteiger partial charge in [-0.3, -0.25) is 9.69 Å². The highest BCUT2D eigenvalue weighted by Gasteiger charge is 2.49. The second-order valence-corrected chi connectivity index (χ2v) is 6.01. The van der Waals surface area contributed by atoms with E-state index in [-0.39, 0.29) is 18.5 Å². The predicted molar refractivity (Wildman–Crippen MR) is 70.0 cm³/mol. The van der Waals surface area contributed by atoms with E-state index in [0.29, 0.717) is 4.48 Å². The van der Waals surface area contributed by atoms with Crippen LogP contribution in [0, 0.1) is 0 Å². The minimum atomic E-state index is -0.951. The van der Waals surface area contributed by atoms with Gasteiger partial charge in [0.2, 0.25) is 0 Å². The van der Waals surface area contributed by atoms with Gasteiger partial charge in [0.15, 0.2) is 5.54 Å². The lowest BCUT2D eigenvalue weighted by atomic mass is 10.0. The van der Waals surface area contributed by atoms with E-state index < -0.39 is 5.54 Å². The molecule has 90 valence electrons. The lowest BCUT2D eigenvalue weighted by Crippen LogP contribution is -2.40. The number of urea groups is 1. The summed E-state index contributed by atoms with van der Waals surface area (Å²) in [6.07, 6.45) is 0. The minimum absolute atomic E-state index is 0.186. The zero-order chi connectivity index (χ0) is 12.6. The van der Waals surface area contributed by atoms with Gasteiger partial charge in [0.1, 0.15) is 0 Å². The van der Waals surface area contributed by atoms with Crippen molar-refractivity contribution in [1.82, 2.24) is 10.2 Å². The van der Waals surface area contributed by atoms with Gasteiger partial charge in [-0.1, -0.05) is 28.6 Å². The van der Waals surface area contributed by atoms with Gasteiger partial charge in [-0.25, -0.2) is 4.79 Å². The van der Waals surface area contributed by atoms with Gasteiger partial charge in [0.25, 0.3) is 5.91 Å². The van der Waals surface area contributed by atoms with Crippen molar-refractivity contribution in [2.75, 3.05) is 6.54 Å². The van der Waals surface area contributed by atoms with Crippen LogP contribution in [0.25, 0.3) is 0 Å². The molecule has 1 aliphatic rings. The summed E-state index contributed by atoms with van der Waals surface area (Å²) in [5.41, 5.74) is -0.951. The van der Waals surface area contributed by atoms with Gasteiger partial charge in [-0.05, 0) is 18.4 Å². The Morgan fingerprint density at radius 1 is 1.65 bits per heavy atom. The van der Waals surface area contributed by atoms with E-state index in [1.165, 1.54) is 11.3 Å². The molecule has 1 aromatic heterocycles. The summed E-state index contributed by atoms with van der Waals surface area (Å²) >= 11 is 4.61. The van der Waals surface area contributed by atoms with E-state index in [2.05, 4.69) is 27.8 Å². The molecule has 1 N–H and O–H groups in total. The molecule has 6 heteroatoms. The topological polar surface area (TPSA) is 49.4 Å². The Hall–Kier alpha value is -1.14. The number of carbonyl (C=O) groups excluding carboxylic acids is 2. The van der Waals surface area contributed by atoms with Crippen LogP contribution >= 0.6 is 27.3 Å². The molecular formula is C11H11BrN2O2S. The number of halogens is 1. The van der Waals surface area contributed by atoms with Crippen LogP contribution in [-0.4, -0.2) is 23.4 Å². The third-order valence-electron chi connectivity index (χ3n) is 2.62. The van der Waals surface area contributed by atoms with E-state index in [9.17, 15) is 9.59 Å². The predicted octanol–water partition coefficient (Wildman–Crippen LogP) is 2.42. The standard InChI is InChI=1S/C11H11BrN2O2S/c1-7(12)6-14-9(15)11(2,13-10(14)16)8-4-3-5-17-8/h3-5H,1,6H2,2H3,(H,13,16). The summed E-state index contributed by atoms with van der Waals surface area (Å²) in [6, 6.07) is 3.32. The second-order valence-electron chi connectivity index (χ2n) is 3.94. The molecule has 1 atom stereocenters. The summed E-state index contributed by atoms with van der Waals surface area (Å²) in [5, 5.41) is 4.60. The third kappa shape index (κ3) is 2.02. The molecular weight excluding hydrogens is 304 g/mol. The van der Waals surface area contributed by atoms with E-state index in [1.807, 2.05) is 17.5 Å². The van der Waals surface area contributed by atoms with Crippen molar-refractivity contribution in [2.24, 2.45) is 0 Å². The fourth-order valence-corrected chi connectivity index (χ4v) is 2.83. The maximum Gasteiger partial charge on any atom is 0.325 e. The average Bonchev–Trinajstić information content (AvgIpc) is 2.83. The van der Waals surface area contributed by atoms with Gasteiger partial charge >= 0.3 is 6.03 Å². The Balaban J connectivity index is 2.32. The highest BCUT2D eigenvalue weighted by molar-refractivity contribution is 9.11. The number of amides is 3. The first-order valence-corrected chi connectivity index (χ1v) is 6.64. The van der Waals surface area contributed by atoms with Gasteiger partial charge < -0.3 is 5.32 Å². The first-order valence-electron chi connectivity index (χ1n) is 4.96. The molecule has 0 bridgehead atoms. The van der Waals surface area contributed by atoms with Gasteiger partial charge in [0.05, 0.1) is 6.54 Å². The van der Waals surface area contributed by atoms with Crippen LogP contribution in [0.15, 0.2) is 28.6 Å². The molecule has 3 amide bonds. The molecule has 1 saturated heterocycles. The molecule has 0 spiro atoms. The molecule has 0 radical (unpaired) electrons. The Bertz CT molecular complexity index is 486. The average molecular weight is 315 g/mol. The fourth-order valence-electron chi connectivity index (χ4n) is 1.74. The molecule has 0 saturated carbocycles. The molecule has 0 aromatic carbocycles.